The number of amides is 1. The first-order chi connectivity index (χ1) is 6.55. The van der Waals surface area contributed by atoms with E-state index in [1.54, 1.807) is 4.90 Å². The van der Waals surface area contributed by atoms with Gasteiger partial charge >= 0.3 is 5.97 Å². The first kappa shape index (κ1) is 9.49. The van der Waals surface area contributed by atoms with E-state index in [2.05, 4.69) is 0 Å². The fourth-order valence-corrected chi connectivity index (χ4v) is 2.84. The van der Waals surface area contributed by atoms with Crippen LogP contribution >= 0.6 is 0 Å². The molecular formula is C10H15NO3. The molecule has 0 bridgehead atoms. The molecule has 1 unspecified atom stereocenters. The number of nitrogens with zero attached hydrogens (tertiary/aromatic N) is 1. The Bertz CT molecular complexity index is 281. The van der Waals surface area contributed by atoms with Crippen LogP contribution in [0.1, 0.15) is 26.2 Å². The summed E-state index contributed by atoms with van der Waals surface area (Å²) in [4.78, 5) is 23.7. The van der Waals surface area contributed by atoms with Gasteiger partial charge in [0.1, 0.15) is 0 Å². The van der Waals surface area contributed by atoms with Crippen molar-refractivity contribution in [2.24, 2.45) is 11.3 Å². The summed E-state index contributed by atoms with van der Waals surface area (Å²) in [5.41, 5.74) is -0.0858. The van der Waals surface area contributed by atoms with Crippen LogP contribution in [0.5, 0.6) is 0 Å². The van der Waals surface area contributed by atoms with Gasteiger partial charge in [0, 0.05) is 25.4 Å². The van der Waals surface area contributed by atoms with E-state index in [-0.39, 0.29) is 17.2 Å². The third-order valence-corrected chi connectivity index (χ3v) is 3.66. The van der Waals surface area contributed by atoms with Crippen LogP contribution in [-0.2, 0) is 9.59 Å². The van der Waals surface area contributed by atoms with E-state index in [0.29, 0.717) is 13.1 Å². The van der Waals surface area contributed by atoms with Gasteiger partial charge in [-0.05, 0) is 12.8 Å². The van der Waals surface area contributed by atoms with Crippen molar-refractivity contribution in [1.82, 2.24) is 4.90 Å². The minimum absolute atomic E-state index is 0.0617. The van der Waals surface area contributed by atoms with Gasteiger partial charge in [-0.2, -0.15) is 0 Å². The molecule has 1 spiro atoms. The second-order valence-corrected chi connectivity index (χ2v) is 4.52. The first-order valence-electron chi connectivity index (χ1n) is 5.03. The molecule has 1 heterocycles. The number of carboxylic acid groups (broad SMARTS) is 1. The standard InChI is InChI=1S/C10H15NO3/c1-7(12)11-5-10(6-11)4-2-3-8(10)9(13)14/h8H,2-6H2,1H3,(H,13,14). The average molecular weight is 197 g/mol. The van der Waals surface area contributed by atoms with E-state index in [1.807, 2.05) is 0 Å². The number of rotatable bonds is 1. The van der Waals surface area contributed by atoms with Crippen LogP contribution in [0.3, 0.4) is 0 Å². The second kappa shape index (κ2) is 2.97. The van der Waals surface area contributed by atoms with Crippen molar-refractivity contribution >= 4 is 11.9 Å². The Morgan fingerprint density at radius 3 is 2.57 bits per heavy atom. The normalized spacial score (nSPS) is 28.9. The molecule has 1 saturated heterocycles. The van der Waals surface area contributed by atoms with Crippen molar-refractivity contribution in [2.75, 3.05) is 13.1 Å². The maximum absolute atomic E-state index is 11.0. The predicted octanol–water partition coefficient (Wildman–Crippen LogP) is 0.720. The lowest BCUT2D eigenvalue weighted by molar-refractivity contribution is -0.158. The topological polar surface area (TPSA) is 57.6 Å². The second-order valence-electron chi connectivity index (χ2n) is 4.52. The molecule has 1 aliphatic heterocycles. The SMILES string of the molecule is CC(=O)N1CC2(CCCC2C(=O)O)C1. The van der Waals surface area contributed by atoms with Gasteiger partial charge in [0.15, 0.2) is 0 Å². The summed E-state index contributed by atoms with van der Waals surface area (Å²) in [6.45, 7) is 2.84. The average Bonchev–Trinajstić information content (AvgIpc) is 2.43. The van der Waals surface area contributed by atoms with Crippen molar-refractivity contribution in [3.05, 3.63) is 0 Å². The number of likely N-dealkylation sites (tertiary alicyclic amines) is 1. The quantitative estimate of drug-likeness (QED) is 0.673. The van der Waals surface area contributed by atoms with Gasteiger partial charge in [0.2, 0.25) is 5.91 Å². The van der Waals surface area contributed by atoms with Crippen LogP contribution in [-0.4, -0.2) is 35.0 Å². The zero-order valence-corrected chi connectivity index (χ0v) is 8.32. The number of hydrogen-bond donors (Lipinski definition) is 1. The maximum Gasteiger partial charge on any atom is 0.307 e. The van der Waals surface area contributed by atoms with Gasteiger partial charge in [-0.3, -0.25) is 9.59 Å². The van der Waals surface area contributed by atoms with Crippen LogP contribution in [0.4, 0.5) is 0 Å². The van der Waals surface area contributed by atoms with Crippen molar-refractivity contribution < 1.29 is 14.7 Å². The Morgan fingerprint density at radius 2 is 2.07 bits per heavy atom. The summed E-state index contributed by atoms with van der Waals surface area (Å²) in [5.74, 6) is -0.851. The van der Waals surface area contributed by atoms with Crippen LogP contribution in [0.25, 0.3) is 0 Å². The molecule has 4 nitrogen and oxygen atoms in total. The number of carbonyl (C=O) groups excluding carboxylic acids is 1. The molecule has 2 aliphatic rings. The highest BCUT2D eigenvalue weighted by atomic mass is 16.4. The molecule has 2 rings (SSSR count). The van der Waals surface area contributed by atoms with Gasteiger partial charge in [0.25, 0.3) is 0 Å². The summed E-state index contributed by atoms with van der Waals surface area (Å²) in [5, 5.41) is 9.04. The Morgan fingerprint density at radius 1 is 1.43 bits per heavy atom. The van der Waals surface area contributed by atoms with Crippen LogP contribution < -0.4 is 0 Å². The molecule has 0 aromatic carbocycles. The number of hydrogen-bond acceptors (Lipinski definition) is 2. The molecule has 0 aromatic rings. The highest BCUT2D eigenvalue weighted by molar-refractivity contribution is 5.76. The fraction of sp³-hybridized carbons (Fsp3) is 0.800. The van der Waals surface area contributed by atoms with Gasteiger partial charge in [-0.15, -0.1) is 0 Å². The zero-order chi connectivity index (χ0) is 10.3. The molecule has 4 heteroatoms. The minimum Gasteiger partial charge on any atom is -0.481 e. The summed E-state index contributed by atoms with van der Waals surface area (Å²) >= 11 is 0. The molecule has 1 saturated carbocycles. The fourth-order valence-electron chi connectivity index (χ4n) is 2.84. The largest absolute Gasteiger partial charge is 0.481 e. The lowest BCUT2D eigenvalue weighted by Gasteiger charge is -2.50. The van der Waals surface area contributed by atoms with E-state index in [1.165, 1.54) is 6.92 Å². The molecule has 0 radical (unpaired) electrons. The van der Waals surface area contributed by atoms with E-state index in [0.717, 1.165) is 19.3 Å². The predicted molar refractivity (Wildman–Crippen MR) is 49.7 cm³/mol. The molecule has 78 valence electrons. The molecule has 1 N–H and O–H groups in total. The Labute approximate surface area is 82.9 Å². The third-order valence-electron chi connectivity index (χ3n) is 3.66. The maximum atomic E-state index is 11.0. The van der Waals surface area contributed by atoms with E-state index in [4.69, 9.17) is 5.11 Å². The minimum atomic E-state index is -0.689. The molecule has 1 amide bonds. The number of carbonyl (C=O) groups is 2. The van der Waals surface area contributed by atoms with Gasteiger partial charge in [-0.1, -0.05) is 6.42 Å². The summed E-state index contributed by atoms with van der Waals surface area (Å²) in [6, 6.07) is 0. The molecular weight excluding hydrogens is 182 g/mol. The zero-order valence-electron chi connectivity index (χ0n) is 8.32. The van der Waals surface area contributed by atoms with Gasteiger partial charge in [0.05, 0.1) is 5.92 Å². The number of carboxylic acids is 1. The summed E-state index contributed by atoms with van der Waals surface area (Å²) in [7, 11) is 0. The lowest BCUT2D eigenvalue weighted by atomic mass is 9.71. The van der Waals surface area contributed by atoms with E-state index in [9.17, 15) is 9.59 Å². The van der Waals surface area contributed by atoms with Crippen molar-refractivity contribution in [1.29, 1.82) is 0 Å². The van der Waals surface area contributed by atoms with Crippen LogP contribution in [0, 0.1) is 11.3 Å². The van der Waals surface area contributed by atoms with Crippen molar-refractivity contribution in [2.45, 2.75) is 26.2 Å². The highest BCUT2D eigenvalue weighted by Crippen LogP contribution is 2.49. The smallest absolute Gasteiger partial charge is 0.307 e. The Kier molecular flexibility index (Phi) is 2.01. The monoisotopic (exact) mass is 197 g/mol. The number of aliphatic carboxylic acids is 1. The van der Waals surface area contributed by atoms with Crippen molar-refractivity contribution in [3.63, 3.8) is 0 Å². The lowest BCUT2D eigenvalue weighted by Crippen LogP contribution is -2.60. The molecule has 14 heavy (non-hydrogen) atoms. The Hall–Kier alpha value is -1.06. The van der Waals surface area contributed by atoms with Gasteiger partial charge in [-0.25, -0.2) is 0 Å². The van der Waals surface area contributed by atoms with Crippen molar-refractivity contribution in [3.8, 4) is 0 Å². The van der Waals surface area contributed by atoms with E-state index >= 15 is 0 Å². The Balaban J connectivity index is 2.05. The molecule has 0 aromatic heterocycles. The summed E-state index contributed by atoms with van der Waals surface area (Å²) < 4.78 is 0. The van der Waals surface area contributed by atoms with Crippen LogP contribution in [0.15, 0.2) is 0 Å². The molecule has 1 atom stereocenters. The first-order valence-corrected chi connectivity index (χ1v) is 5.03. The van der Waals surface area contributed by atoms with Gasteiger partial charge < -0.3 is 10.0 Å². The third kappa shape index (κ3) is 1.21. The molecule has 2 fully saturated rings. The van der Waals surface area contributed by atoms with E-state index < -0.39 is 5.97 Å². The summed E-state index contributed by atoms with van der Waals surface area (Å²) in [6.07, 6.45) is 2.73. The molecule has 1 aliphatic carbocycles. The highest BCUT2D eigenvalue weighted by Gasteiger charge is 2.54. The van der Waals surface area contributed by atoms with Crippen LogP contribution in [0.2, 0.25) is 0 Å².